The van der Waals surface area contributed by atoms with Crippen LogP contribution in [0.4, 0.5) is 0 Å². The second kappa shape index (κ2) is 6.88. The molecule has 28 heavy (non-hydrogen) atoms. The summed E-state index contributed by atoms with van der Waals surface area (Å²) in [6, 6.07) is 8.06. The molecule has 0 amide bonds. The number of carbonyl (C=O) groups is 1. The number of hydrogen-bond acceptors (Lipinski definition) is 8. The number of aliphatic hydroxyl groups excluding tert-OH is 1. The Labute approximate surface area is 160 Å². The summed E-state index contributed by atoms with van der Waals surface area (Å²) >= 11 is 0. The third-order valence-corrected chi connectivity index (χ3v) is 4.74. The van der Waals surface area contributed by atoms with Gasteiger partial charge >= 0.3 is 5.97 Å². The first-order chi connectivity index (χ1) is 13.5. The maximum atomic E-state index is 12.4. The van der Waals surface area contributed by atoms with Crippen molar-refractivity contribution in [2.75, 3.05) is 27.6 Å². The van der Waals surface area contributed by atoms with E-state index in [0.29, 0.717) is 34.1 Å². The molecule has 0 spiro atoms. The quantitative estimate of drug-likeness (QED) is 0.756. The summed E-state index contributed by atoms with van der Waals surface area (Å²) in [5.41, 5.74) is 0.906. The second-order valence-corrected chi connectivity index (χ2v) is 6.24. The third-order valence-electron chi connectivity index (χ3n) is 4.74. The van der Waals surface area contributed by atoms with Crippen molar-refractivity contribution in [3.05, 3.63) is 52.8 Å². The van der Waals surface area contributed by atoms with Gasteiger partial charge in [0, 0.05) is 23.3 Å². The number of aromatic hydroxyl groups is 1. The maximum absolute atomic E-state index is 12.4. The van der Waals surface area contributed by atoms with Gasteiger partial charge in [0.25, 0.3) is 0 Å². The summed E-state index contributed by atoms with van der Waals surface area (Å²) in [5.74, 6) is -0.0478. The number of cyclic esters (lactones) is 1. The third kappa shape index (κ3) is 2.83. The van der Waals surface area contributed by atoms with Gasteiger partial charge < -0.3 is 33.9 Å². The lowest BCUT2D eigenvalue weighted by molar-refractivity contribution is -0.136. The number of esters is 1. The lowest BCUT2D eigenvalue weighted by Gasteiger charge is -2.22. The van der Waals surface area contributed by atoms with Crippen molar-refractivity contribution >= 4 is 5.97 Å². The van der Waals surface area contributed by atoms with Crippen LogP contribution in [0.1, 0.15) is 17.0 Å². The molecule has 146 valence electrons. The smallest absolute Gasteiger partial charge is 0.338 e. The van der Waals surface area contributed by atoms with E-state index >= 15 is 0 Å². The molecule has 0 saturated heterocycles. The molecule has 8 heteroatoms. The summed E-state index contributed by atoms with van der Waals surface area (Å²) < 4.78 is 26.4. The number of ether oxygens (including phenoxy) is 5. The molecule has 2 heterocycles. The Hall–Kier alpha value is -3.55. The first-order valence-corrected chi connectivity index (χ1v) is 8.47. The van der Waals surface area contributed by atoms with Gasteiger partial charge in [-0.25, -0.2) is 4.79 Å². The number of fused-ring (bicyclic) bond motifs is 1. The van der Waals surface area contributed by atoms with Crippen LogP contribution >= 0.6 is 0 Å². The highest BCUT2D eigenvalue weighted by Crippen LogP contribution is 2.48. The molecule has 2 N–H and O–H groups in total. The molecular formula is C20H18O8. The zero-order chi connectivity index (χ0) is 19.8. The SMILES string of the molecule is COc1ccc(C(C2=C(O)COC2=O)c2cc3c(cc2O)OCO3)c(OC)c1. The summed E-state index contributed by atoms with van der Waals surface area (Å²) in [6.07, 6.45) is 0. The van der Waals surface area contributed by atoms with Crippen molar-refractivity contribution < 1.29 is 38.7 Å². The molecule has 4 rings (SSSR count). The van der Waals surface area contributed by atoms with Gasteiger partial charge in [-0.15, -0.1) is 0 Å². The lowest BCUT2D eigenvalue weighted by Crippen LogP contribution is -2.13. The standard InChI is InChI=1S/C20H18O8/c1-24-10-3-4-11(15(5-10)25-2)18(19-14(22)8-26-20(19)23)12-6-16-17(7-13(12)21)28-9-27-16/h3-7,18,21-22H,8-9H2,1-2H3. The monoisotopic (exact) mass is 386 g/mol. The Morgan fingerprint density at radius 1 is 0.964 bits per heavy atom. The fourth-order valence-corrected chi connectivity index (χ4v) is 3.41. The topological polar surface area (TPSA) is 104 Å². The van der Waals surface area contributed by atoms with Crippen LogP contribution in [0.3, 0.4) is 0 Å². The Morgan fingerprint density at radius 3 is 2.36 bits per heavy atom. The summed E-state index contributed by atoms with van der Waals surface area (Å²) in [6.45, 7) is -0.195. The predicted octanol–water partition coefficient (Wildman–Crippen LogP) is 2.64. The van der Waals surface area contributed by atoms with E-state index < -0.39 is 11.9 Å². The fraction of sp³-hybridized carbons (Fsp3) is 0.250. The van der Waals surface area contributed by atoms with Crippen molar-refractivity contribution in [3.63, 3.8) is 0 Å². The molecule has 2 aromatic rings. The largest absolute Gasteiger partial charge is 0.508 e. The van der Waals surface area contributed by atoms with Crippen molar-refractivity contribution in [3.8, 4) is 28.7 Å². The van der Waals surface area contributed by atoms with Crippen LogP contribution < -0.4 is 18.9 Å². The predicted molar refractivity (Wildman–Crippen MR) is 96.2 cm³/mol. The molecule has 8 nitrogen and oxygen atoms in total. The van der Waals surface area contributed by atoms with E-state index in [1.165, 1.54) is 20.3 Å². The number of phenols is 1. The van der Waals surface area contributed by atoms with Crippen LogP contribution in [0.15, 0.2) is 41.7 Å². The van der Waals surface area contributed by atoms with Gasteiger partial charge in [-0.2, -0.15) is 0 Å². The zero-order valence-corrected chi connectivity index (χ0v) is 15.2. The molecule has 2 aliphatic rings. The molecule has 0 saturated carbocycles. The molecule has 1 unspecified atom stereocenters. The van der Waals surface area contributed by atoms with Gasteiger partial charge in [0.2, 0.25) is 6.79 Å². The van der Waals surface area contributed by atoms with Crippen molar-refractivity contribution in [1.29, 1.82) is 0 Å². The van der Waals surface area contributed by atoms with E-state index in [2.05, 4.69) is 0 Å². The van der Waals surface area contributed by atoms with Gasteiger partial charge in [-0.1, -0.05) is 6.07 Å². The highest BCUT2D eigenvalue weighted by atomic mass is 16.7. The normalized spacial score (nSPS) is 16.1. The minimum absolute atomic E-state index is 0.0256. The lowest BCUT2D eigenvalue weighted by atomic mass is 9.83. The molecule has 0 aliphatic carbocycles. The second-order valence-electron chi connectivity index (χ2n) is 6.24. The van der Waals surface area contributed by atoms with E-state index in [4.69, 9.17) is 23.7 Å². The number of phenolic OH excluding ortho intramolecular Hbond substituents is 1. The maximum Gasteiger partial charge on any atom is 0.338 e. The fourth-order valence-electron chi connectivity index (χ4n) is 3.41. The van der Waals surface area contributed by atoms with E-state index in [0.717, 1.165) is 0 Å². The molecule has 0 radical (unpaired) electrons. The molecule has 0 bridgehead atoms. The Bertz CT molecular complexity index is 978. The Kier molecular flexibility index (Phi) is 4.38. The average Bonchev–Trinajstić information content (AvgIpc) is 3.29. The van der Waals surface area contributed by atoms with Gasteiger partial charge in [0.15, 0.2) is 11.5 Å². The molecule has 0 fully saturated rings. The zero-order valence-electron chi connectivity index (χ0n) is 15.2. The molecular weight excluding hydrogens is 368 g/mol. The highest BCUT2D eigenvalue weighted by Gasteiger charge is 2.37. The molecule has 0 aromatic heterocycles. The summed E-state index contributed by atoms with van der Waals surface area (Å²) in [4.78, 5) is 12.4. The first-order valence-electron chi connectivity index (χ1n) is 8.47. The number of carbonyl (C=O) groups excluding carboxylic acids is 1. The van der Waals surface area contributed by atoms with Crippen LogP contribution in [0, 0.1) is 0 Å². The van der Waals surface area contributed by atoms with E-state index in [-0.39, 0.29) is 30.5 Å². The molecule has 1 atom stereocenters. The van der Waals surface area contributed by atoms with Crippen molar-refractivity contribution in [1.82, 2.24) is 0 Å². The molecule has 2 aromatic carbocycles. The number of hydrogen-bond donors (Lipinski definition) is 2. The number of benzene rings is 2. The number of methoxy groups -OCH3 is 2. The molecule has 2 aliphatic heterocycles. The first kappa shape index (κ1) is 17.8. The van der Waals surface area contributed by atoms with Crippen LogP contribution in [0.2, 0.25) is 0 Å². The van der Waals surface area contributed by atoms with Crippen LogP contribution in [0.25, 0.3) is 0 Å². The van der Waals surface area contributed by atoms with Crippen molar-refractivity contribution in [2.24, 2.45) is 0 Å². The Morgan fingerprint density at radius 2 is 1.71 bits per heavy atom. The highest BCUT2D eigenvalue weighted by molar-refractivity contribution is 5.94. The van der Waals surface area contributed by atoms with Gasteiger partial charge in [0.1, 0.15) is 29.6 Å². The number of aliphatic hydroxyl groups is 1. The van der Waals surface area contributed by atoms with Crippen molar-refractivity contribution in [2.45, 2.75) is 5.92 Å². The van der Waals surface area contributed by atoms with Gasteiger partial charge in [-0.05, 0) is 12.1 Å². The van der Waals surface area contributed by atoms with E-state index in [1.807, 2.05) is 0 Å². The Balaban J connectivity index is 1.95. The van der Waals surface area contributed by atoms with Gasteiger partial charge in [0.05, 0.1) is 25.7 Å². The minimum Gasteiger partial charge on any atom is -0.508 e. The van der Waals surface area contributed by atoms with Crippen LogP contribution in [-0.2, 0) is 9.53 Å². The summed E-state index contributed by atoms with van der Waals surface area (Å²) in [7, 11) is 3.01. The van der Waals surface area contributed by atoms with Crippen LogP contribution in [-0.4, -0.2) is 43.8 Å². The van der Waals surface area contributed by atoms with Crippen LogP contribution in [0.5, 0.6) is 28.7 Å². The van der Waals surface area contributed by atoms with Gasteiger partial charge in [-0.3, -0.25) is 0 Å². The van der Waals surface area contributed by atoms with E-state index in [1.54, 1.807) is 24.3 Å². The summed E-state index contributed by atoms with van der Waals surface area (Å²) in [5, 5.41) is 21.0. The average molecular weight is 386 g/mol. The van der Waals surface area contributed by atoms with E-state index in [9.17, 15) is 15.0 Å². The number of rotatable bonds is 5. The minimum atomic E-state index is -0.856.